The average molecular weight is 768 g/mol. The van der Waals surface area contributed by atoms with Gasteiger partial charge in [-0.05, 0) is 86.2 Å². The van der Waals surface area contributed by atoms with E-state index in [1.807, 2.05) is 15.7 Å². The fourth-order valence-corrected chi connectivity index (χ4v) is 2.02. The van der Waals surface area contributed by atoms with Gasteiger partial charge >= 0.3 is 26.0 Å². The molecule has 0 aliphatic heterocycles. The third-order valence-electron chi connectivity index (χ3n) is 3.43. The number of allylic oxidation sites excluding steroid dienone is 2. The molecule has 0 unspecified atom stereocenters. The van der Waals surface area contributed by atoms with Crippen molar-refractivity contribution in [1.29, 1.82) is 0 Å². The molecule has 0 saturated heterocycles. The molecule has 0 bridgehead atoms. The second-order valence-corrected chi connectivity index (χ2v) is 6.53. The van der Waals surface area contributed by atoms with Gasteiger partial charge in [0.05, 0.1) is 0 Å². The van der Waals surface area contributed by atoms with E-state index in [0.717, 1.165) is 52.4 Å². The predicted octanol–water partition coefficient (Wildman–Crippen LogP) is 5.61. The fraction of sp³-hybridized carbons (Fsp3) is 0.714. The van der Waals surface area contributed by atoms with E-state index in [4.69, 9.17) is 6.42 Å². The minimum absolute atomic E-state index is 0. The second-order valence-electron chi connectivity index (χ2n) is 6.53. The van der Waals surface area contributed by atoms with Crippen LogP contribution in [0.15, 0.2) is 23.3 Å². The van der Waals surface area contributed by atoms with Gasteiger partial charge in [0.1, 0.15) is 0 Å². The van der Waals surface area contributed by atoms with Crippen molar-refractivity contribution in [3.8, 4) is 6.42 Å². The van der Waals surface area contributed by atoms with E-state index < -0.39 is 0 Å². The number of hydrogen-bond donors (Lipinski definition) is 4. The Hall–Kier alpha value is 1.60. The van der Waals surface area contributed by atoms with Crippen LogP contribution in [0, 0.1) is 12.8 Å². The van der Waals surface area contributed by atoms with Crippen molar-refractivity contribution >= 4 is 78.2 Å². The number of rotatable bonds is 16. The van der Waals surface area contributed by atoms with Crippen molar-refractivity contribution in [2.24, 2.45) is 0 Å². The molecule has 4 N–H and O–H groups in total. The van der Waals surface area contributed by atoms with Gasteiger partial charge < -0.3 is 34.1 Å². The van der Waals surface area contributed by atoms with Crippen LogP contribution in [0.1, 0.15) is 47.0 Å². The number of nitrogens with one attached hydrogen (secondary N) is 4. The molecule has 0 spiro atoms. The molecule has 0 rings (SSSR count). The van der Waals surface area contributed by atoms with Crippen LogP contribution in [0.5, 0.6) is 0 Å². The Morgan fingerprint density at radius 1 is 0.613 bits per heavy atom. The first-order chi connectivity index (χ1) is 13.1. The SMILES string of the molecule is Br.Br.Br.Br.CC(C)=CCNCCCNCCCNCCCNCC=C(C)C.[18C-]#[18CH].[S]=[V]. The first kappa shape index (κ1) is 49.7. The molecular weight excluding hydrogens is 723 g/mol. The third kappa shape index (κ3) is 59.3. The van der Waals surface area contributed by atoms with Crippen LogP contribution in [0.25, 0.3) is 0 Å². The van der Waals surface area contributed by atoms with Crippen LogP contribution >= 0.6 is 78.2 Å². The van der Waals surface area contributed by atoms with Crippen LogP contribution in [0.3, 0.4) is 0 Å². The molecular formula is C21H45Br4N4SV-. The van der Waals surface area contributed by atoms with Crippen LogP contribution < -0.4 is 21.3 Å². The van der Waals surface area contributed by atoms with Crippen molar-refractivity contribution in [2.75, 3.05) is 52.4 Å². The molecule has 0 fully saturated rings. The van der Waals surface area contributed by atoms with Crippen LogP contribution in [0.4, 0.5) is 0 Å². The molecule has 0 aromatic heterocycles. The summed E-state index contributed by atoms with van der Waals surface area (Å²) in [5, 5.41) is 13.8. The van der Waals surface area contributed by atoms with Crippen molar-refractivity contribution in [2.45, 2.75) is 47.0 Å². The van der Waals surface area contributed by atoms with Gasteiger partial charge in [-0.1, -0.05) is 23.3 Å². The molecule has 0 amide bonds. The molecule has 4 nitrogen and oxygen atoms in total. The van der Waals surface area contributed by atoms with Crippen molar-refractivity contribution in [3.05, 3.63) is 29.7 Å². The van der Waals surface area contributed by atoms with E-state index in [-0.39, 0.29) is 67.9 Å². The maximum absolute atomic E-state index is 5.25. The molecule has 0 radical (unpaired) electrons. The second kappa shape index (κ2) is 48.9. The Bertz CT molecular complexity index is 350. The molecule has 0 aromatic rings. The Labute approximate surface area is 248 Å². The van der Waals surface area contributed by atoms with Gasteiger partial charge in [-0.2, -0.15) is 0 Å². The first-order valence-electron chi connectivity index (χ1n) is 9.69. The van der Waals surface area contributed by atoms with E-state index in [1.165, 1.54) is 30.4 Å². The monoisotopic (exact) mass is 764 g/mol. The van der Waals surface area contributed by atoms with E-state index in [9.17, 15) is 0 Å². The van der Waals surface area contributed by atoms with E-state index >= 15 is 0 Å². The van der Waals surface area contributed by atoms with Gasteiger partial charge in [0.25, 0.3) is 0 Å². The zero-order chi connectivity index (χ0) is 21.2. The summed E-state index contributed by atoms with van der Waals surface area (Å²) in [6.07, 6.45) is 17.1. The molecule has 0 aromatic carbocycles. The summed E-state index contributed by atoms with van der Waals surface area (Å²) in [6, 6.07) is 0. The van der Waals surface area contributed by atoms with E-state index in [0.29, 0.717) is 0 Å². The van der Waals surface area contributed by atoms with Crippen molar-refractivity contribution in [1.82, 2.24) is 21.3 Å². The maximum atomic E-state index is 5.25. The summed E-state index contributed by atoms with van der Waals surface area (Å²) < 4.78 is 0. The van der Waals surface area contributed by atoms with Crippen LogP contribution in [-0.2, 0) is 15.7 Å². The summed E-state index contributed by atoms with van der Waals surface area (Å²) in [5.74, 6) is 0. The molecule has 10 heteroatoms. The number of terminal acetylenes is 1. The van der Waals surface area contributed by atoms with Gasteiger partial charge in [0.15, 0.2) is 0 Å². The zero-order valence-corrected chi connectivity index (χ0v) is 28.6. The molecule has 189 valence electrons. The van der Waals surface area contributed by atoms with Gasteiger partial charge in [-0.25, -0.2) is 0 Å². The summed E-state index contributed by atoms with van der Waals surface area (Å²) in [4.78, 5) is 0. The molecule has 31 heavy (non-hydrogen) atoms. The third-order valence-corrected chi connectivity index (χ3v) is 3.43. The molecule has 0 heterocycles. The van der Waals surface area contributed by atoms with Crippen LogP contribution in [0.2, 0.25) is 0 Å². The van der Waals surface area contributed by atoms with Crippen LogP contribution in [-0.4, -0.2) is 52.4 Å². The molecule has 0 aliphatic rings. The van der Waals surface area contributed by atoms with E-state index in [1.54, 1.807) is 0 Å². The number of hydrogen-bond acceptors (Lipinski definition) is 5. The van der Waals surface area contributed by atoms with Crippen molar-refractivity contribution < 1.29 is 15.7 Å². The Morgan fingerprint density at radius 3 is 1.06 bits per heavy atom. The Kier molecular flexibility index (Phi) is 78.4. The summed E-state index contributed by atoms with van der Waals surface area (Å²) in [5.41, 5.74) is 2.76. The normalized spacial score (nSPS) is 8.03. The summed E-state index contributed by atoms with van der Waals surface area (Å²) >= 11 is 1.90. The van der Waals surface area contributed by atoms with Gasteiger partial charge in [0, 0.05) is 13.1 Å². The average Bonchev–Trinajstić information content (AvgIpc) is 2.67. The molecule has 0 atom stereocenters. The van der Waals surface area contributed by atoms with Gasteiger partial charge in [-0.15, -0.1) is 67.9 Å². The Morgan fingerprint density at radius 2 is 0.839 bits per heavy atom. The topological polar surface area (TPSA) is 48.1 Å². The van der Waals surface area contributed by atoms with E-state index in [2.05, 4.69) is 77.8 Å². The summed E-state index contributed by atoms with van der Waals surface area (Å²) in [7, 11) is 4.02. The fourth-order valence-electron chi connectivity index (χ4n) is 2.02. The minimum atomic E-state index is 0. The zero-order valence-electron chi connectivity index (χ0n) is 19.5. The van der Waals surface area contributed by atoms with Gasteiger partial charge in [-0.3, -0.25) is 0 Å². The quantitative estimate of drug-likeness (QED) is 0.0713. The van der Waals surface area contributed by atoms with Gasteiger partial charge in [0.2, 0.25) is 0 Å². The summed E-state index contributed by atoms with van der Waals surface area (Å²) in [6.45, 7) is 17.2. The number of halogens is 4. The van der Waals surface area contributed by atoms with Crippen molar-refractivity contribution in [3.63, 3.8) is 0 Å². The first-order valence-corrected chi connectivity index (χ1v) is 11.8. The standard InChI is InChI=1S/C19H40N4.C2H.4BrH.S.V/c1-18(2)8-16-22-14-6-12-20-10-5-11-21-13-7-15-23-17-9-19(3)4;1-2;;;;;;/h8-9,20-23H,5-7,10-17H2,1-4H3;1H;4*1H;;/q;-1;;;;;;/i;1+6,2+6;;;;;;. The Balaban J connectivity index is -0.000000135. The molecule has 0 aliphatic carbocycles. The predicted molar refractivity (Wildman–Crippen MR) is 161 cm³/mol. The molecule has 0 saturated carbocycles.